The normalized spacial score (nSPS) is 17.9. The third-order valence-corrected chi connectivity index (χ3v) is 7.76. The number of ether oxygens (including phenoxy) is 1. The van der Waals surface area contributed by atoms with E-state index in [1.54, 1.807) is 23.1 Å². The van der Waals surface area contributed by atoms with E-state index in [-0.39, 0.29) is 36.6 Å². The van der Waals surface area contributed by atoms with Gasteiger partial charge in [-0.1, -0.05) is 41.4 Å². The zero-order valence-electron chi connectivity index (χ0n) is 16.3. The topological polar surface area (TPSA) is 63.7 Å². The summed E-state index contributed by atoms with van der Waals surface area (Å²) in [5, 5.41) is 1.20. The first-order valence-corrected chi connectivity index (χ1v) is 11.9. The summed E-state index contributed by atoms with van der Waals surface area (Å²) in [6, 6.07) is 10.4. The number of carbonyl (C=O) groups is 1. The summed E-state index contributed by atoms with van der Waals surface area (Å²) >= 11 is 12.4. The number of halogens is 2. The van der Waals surface area contributed by atoms with Crippen LogP contribution < -0.4 is 4.74 Å². The van der Waals surface area contributed by atoms with E-state index in [1.165, 1.54) is 0 Å². The van der Waals surface area contributed by atoms with Crippen LogP contribution in [0.1, 0.15) is 23.1 Å². The summed E-state index contributed by atoms with van der Waals surface area (Å²) in [5.41, 5.74) is 2.50. The van der Waals surface area contributed by atoms with Gasteiger partial charge in [0.1, 0.15) is 5.75 Å². The molecule has 3 rings (SSSR count). The Morgan fingerprint density at radius 2 is 1.83 bits per heavy atom. The van der Waals surface area contributed by atoms with Crippen molar-refractivity contribution in [3.8, 4) is 5.75 Å². The zero-order valence-corrected chi connectivity index (χ0v) is 18.6. The van der Waals surface area contributed by atoms with Gasteiger partial charge in [-0.25, -0.2) is 8.42 Å². The molecular formula is C21H23Cl2NO4S. The predicted octanol–water partition coefficient (Wildman–Crippen LogP) is 4.20. The molecule has 0 aliphatic carbocycles. The molecule has 29 heavy (non-hydrogen) atoms. The lowest BCUT2D eigenvalue weighted by Gasteiger charge is -2.29. The monoisotopic (exact) mass is 455 g/mol. The first-order chi connectivity index (χ1) is 13.7. The van der Waals surface area contributed by atoms with Crippen molar-refractivity contribution in [2.75, 3.05) is 18.1 Å². The highest BCUT2D eigenvalue weighted by atomic mass is 35.5. The van der Waals surface area contributed by atoms with E-state index in [4.69, 9.17) is 27.9 Å². The highest BCUT2D eigenvalue weighted by Crippen LogP contribution is 2.27. The van der Waals surface area contributed by atoms with Gasteiger partial charge in [0.2, 0.25) is 0 Å². The quantitative estimate of drug-likeness (QED) is 0.654. The molecule has 0 radical (unpaired) electrons. The van der Waals surface area contributed by atoms with E-state index < -0.39 is 9.84 Å². The van der Waals surface area contributed by atoms with Crippen LogP contribution in [-0.4, -0.2) is 43.4 Å². The molecule has 1 saturated heterocycles. The average molecular weight is 456 g/mol. The Morgan fingerprint density at radius 3 is 2.41 bits per heavy atom. The molecule has 0 saturated carbocycles. The number of sulfone groups is 1. The minimum Gasteiger partial charge on any atom is -0.484 e. The maximum Gasteiger partial charge on any atom is 0.261 e. The van der Waals surface area contributed by atoms with Crippen LogP contribution >= 0.6 is 23.2 Å². The molecule has 0 spiro atoms. The first kappa shape index (κ1) is 21.9. The van der Waals surface area contributed by atoms with Crippen molar-refractivity contribution in [3.63, 3.8) is 0 Å². The van der Waals surface area contributed by atoms with Gasteiger partial charge in [-0.15, -0.1) is 0 Å². The van der Waals surface area contributed by atoms with Gasteiger partial charge in [0, 0.05) is 22.6 Å². The SMILES string of the molecule is Cc1cc(OCC(=O)N(Cc2ccccc2Cl)[C@H]2CCS(=O)(=O)C2)cc(C)c1Cl. The Morgan fingerprint density at radius 1 is 1.17 bits per heavy atom. The van der Waals surface area contributed by atoms with Crippen molar-refractivity contribution >= 4 is 38.9 Å². The van der Waals surface area contributed by atoms with Gasteiger partial charge in [-0.2, -0.15) is 0 Å². The summed E-state index contributed by atoms with van der Waals surface area (Å²) in [6.45, 7) is 3.79. The summed E-state index contributed by atoms with van der Waals surface area (Å²) in [5.74, 6) is 0.315. The summed E-state index contributed by atoms with van der Waals surface area (Å²) in [6.07, 6.45) is 0.414. The molecule has 1 amide bonds. The number of nitrogens with zero attached hydrogens (tertiary/aromatic N) is 1. The minimum atomic E-state index is -3.14. The number of amides is 1. The lowest BCUT2D eigenvalue weighted by molar-refractivity contribution is -0.136. The molecule has 156 valence electrons. The van der Waals surface area contributed by atoms with Gasteiger partial charge >= 0.3 is 0 Å². The first-order valence-electron chi connectivity index (χ1n) is 9.29. The van der Waals surface area contributed by atoms with Gasteiger partial charge < -0.3 is 9.64 Å². The molecular weight excluding hydrogens is 433 g/mol. The van der Waals surface area contributed by atoms with Gasteiger partial charge in [0.15, 0.2) is 16.4 Å². The molecule has 1 heterocycles. The largest absolute Gasteiger partial charge is 0.484 e. The Hall–Kier alpha value is -1.76. The van der Waals surface area contributed by atoms with Crippen LogP contribution in [0.3, 0.4) is 0 Å². The van der Waals surface area contributed by atoms with Crippen LogP contribution in [0.4, 0.5) is 0 Å². The van der Waals surface area contributed by atoms with Gasteiger partial charge in [0.25, 0.3) is 5.91 Å². The summed E-state index contributed by atoms with van der Waals surface area (Å²) < 4.78 is 29.6. The average Bonchev–Trinajstić information content (AvgIpc) is 3.02. The molecule has 1 atom stereocenters. The molecule has 8 heteroatoms. The molecule has 0 unspecified atom stereocenters. The van der Waals surface area contributed by atoms with Crippen molar-refractivity contribution in [1.29, 1.82) is 0 Å². The lowest BCUT2D eigenvalue weighted by atomic mass is 10.1. The van der Waals surface area contributed by atoms with E-state index >= 15 is 0 Å². The maximum atomic E-state index is 13.0. The second-order valence-electron chi connectivity index (χ2n) is 7.33. The van der Waals surface area contributed by atoms with Gasteiger partial charge in [-0.3, -0.25) is 4.79 Å². The number of rotatable bonds is 6. The third-order valence-electron chi connectivity index (χ3n) is 5.04. The summed E-state index contributed by atoms with van der Waals surface area (Å²) in [7, 11) is -3.14. The zero-order chi connectivity index (χ0) is 21.2. The molecule has 1 aliphatic rings. The predicted molar refractivity (Wildman–Crippen MR) is 115 cm³/mol. The fourth-order valence-corrected chi connectivity index (χ4v) is 5.51. The van der Waals surface area contributed by atoms with E-state index in [0.29, 0.717) is 22.2 Å². The molecule has 1 aliphatic heterocycles. The minimum absolute atomic E-state index is 0.0393. The molecule has 2 aromatic rings. The number of carbonyl (C=O) groups excluding carboxylic acids is 1. The maximum absolute atomic E-state index is 13.0. The second kappa shape index (κ2) is 8.94. The molecule has 5 nitrogen and oxygen atoms in total. The van der Waals surface area contributed by atoms with Gasteiger partial charge in [-0.05, 0) is 55.2 Å². The van der Waals surface area contributed by atoms with Crippen LogP contribution in [0, 0.1) is 13.8 Å². The number of benzene rings is 2. The standard InChI is InChI=1S/C21H23Cl2NO4S/c1-14-9-18(10-15(2)21(14)23)28-12-20(25)24(17-7-8-29(26,27)13-17)11-16-5-3-4-6-19(16)22/h3-6,9-10,17H,7-8,11-13H2,1-2H3/t17-/m0/s1. The Balaban J connectivity index is 1.78. The van der Waals surface area contributed by atoms with Crippen molar-refractivity contribution in [1.82, 2.24) is 4.90 Å². The van der Waals surface area contributed by atoms with Gasteiger partial charge in [0.05, 0.1) is 11.5 Å². The third kappa shape index (κ3) is 5.44. The Kier molecular flexibility index (Phi) is 6.76. The van der Waals surface area contributed by atoms with E-state index in [9.17, 15) is 13.2 Å². The Labute approximate surface area is 181 Å². The second-order valence-corrected chi connectivity index (χ2v) is 10.3. The van der Waals surface area contributed by atoms with Crippen molar-refractivity contribution in [2.45, 2.75) is 32.9 Å². The lowest BCUT2D eigenvalue weighted by Crippen LogP contribution is -2.43. The number of hydrogen-bond acceptors (Lipinski definition) is 4. The van der Waals surface area contributed by atoms with Crippen LogP contribution in [-0.2, 0) is 21.2 Å². The molecule has 2 aromatic carbocycles. The molecule has 0 aromatic heterocycles. The van der Waals surface area contributed by atoms with E-state index in [1.807, 2.05) is 32.0 Å². The molecule has 1 fully saturated rings. The van der Waals surface area contributed by atoms with Crippen molar-refractivity contribution < 1.29 is 17.9 Å². The van der Waals surface area contributed by atoms with Crippen LogP contribution in [0.5, 0.6) is 5.75 Å². The van der Waals surface area contributed by atoms with Crippen LogP contribution in [0.15, 0.2) is 36.4 Å². The fraction of sp³-hybridized carbons (Fsp3) is 0.381. The highest BCUT2D eigenvalue weighted by molar-refractivity contribution is 7.91. The smallest absolute Gasteiger partial charge is 0.261 e. The molecule has 0 N–H and O–H groups in total. The number of aryl methyl sites for hydroxylation is 2. The van der Waals surface area contributed by atoms with Crippen LogP contribution in [0.2, 0.25) is 10.0 Å². The number of hydrogen-bond donors (Lipinski definition) is 0. The van der Waals surface area contributed by atoms with E-state index in [0.717, 1.165) is 16.7 Å². The fourth-order valence-electron chi connectivity index (χ4n) is 3.47. The Bertz CT molecular complexity index is 1000. The summed E-state index contributed by atoms with van der Waals surface area (Å²) in [4.78, 5) is 14.6. The van der Waals surface area contributed by atoms with Crippen LogP contribution in [0.25, 0.3) is 0 Å². The molecule has 0 bridgehead atoms. The highest BCUT2D eigenvalue weighted by Gasteiger charge is 2.35. The van der Waals surface area contributed by atoms with Crippen molar-refractivity contribution in [3.05, 3.63) is 63.1 Å². The van der Waals surface area contributed by atoms with E-state index in [2.05, 4.69) is 0 Å². The van der Waals surface area contributed by atoms with Crippen molar-refractivity contribution in [2.24, 2.45) is 0 Å².